The summed E-state index contributed by atoms with van der Waals surface area (Å²) in [7, 11) is 1.60. The van der Waals surface area contributed by atoms with E-state index in [4.69, 9.17) is 4.74 Å². The molecule has 2 aliphatic heterocycles. The van der Waals surface area contributed by atoms with Crippen LogP contribution in [0, 0.1) is 0 Å². The molecule has 1 spiro atoms. The van der Waals surface area contributed by atoms with Crippen molar-refractivity contribution in [1.82, 2.24) is 9.80 Å². The third kappa shape index (κ3) is 3.11. The fourth-order valence-corrected chi connectivity index (χ4v) is 5.32. The minimum absolute atomic E-state index is 0.136. The zero-order chi connectivity index (χ0) is 17.3. The van der Waals surface area contributed by atoms with Gasteiger partial charge in [-0.05, 0) is 68.2 Å². The lowest BCUT2D eigenvalue weighted by Crippen LogP contribution is -2.48. The van der Waals surface area contributed by atoms with Crippen LogP contribution in [0.2, 0.25) is 0 Å². The van der Waals surface area contributed by atoms with E-state index in [1.165, 1.54) is 38.8 Å². The Morgan fingerprint density at radius 3 is 2.56 bits per heavy atom. The van der Waals surface area contributed by atoms with E-state index in [0.717, 1.165) is 25.9 Å². The summed E-state index contributed by atoms with van der Waals surface area (Å²) in [5.74, 6) is 0.136. The molecule has 25 heavy (non-hydrogen) atoms. The lowest BCUT2D eigenvalue weighted by atomic mass is 9.63. The SMILES string of the molecule is COCC(=O)N1CCC2(CCC(N3CCCC3)c3ccccc32)CC1. The molecule has 0 aromatic heterocycles. The smallest absolute Gasteiger partial charge is 0.248 e. The van der Waals surface area contributed by atoms with E-state index in [1.54, 1.807) is 18.2 Å². The van der Waals surface area contributed by atoms with E-state index in [1.807, 2.05) is 4.90 Å². The summed E-state index contributed by atoms with van der Waals surface area (Å²) >= 11 is 0. The van der Waals surface area contributed by atoms with Crippen molar-refractivity contribution >= 4 is 5.91 Å². The first kappa shape index (κ1) is 17.0. The number of amides is 1. The largest absolute Gasteiger partial charge is 0.375 e. The normalized spacial score (nSPS) is 26.0. The summed E-state index contributed by atoms with van der Waals surface area (Å²) in [4.78, 5) is 16.8. The van der Waals surface area contributed by atoms with E-state index in [2.05, 4.69) is 29.2 Å². The lowest BCUT2D eigenvalue weighted by Gasteiger charge is -2.48. The predicted molar refractivity (Wildman–Crippen MR) is 98.6 cm³/mol. The molecule has 1 unspecified atom stereocenters. The molecule has 4 rings (SSSR count). The van der Waals surface area contributed by atoms with Gasteiger partial charge < -0.3 is 9.64 Å². The van der Waals surface area contributed by atoms with Crippen LogP contribution < -0.4 is 0 Å². The topological polar surface area (TPSA) is 32.8 Å². The van der Waals surface area contributed by atoms with E-state index in [-0.39, 0.29) is 17.9 Å². The second-order valence-electron chi connectivity index (χ2n) is 7.98. The molecule has 2 saturated heterocycles. The molecule has 0 N–H and O–H groups in total. The quantitative estimate of drug-likeness (QED) is 0.846. The Labute approximate surface area is 151 Å². The number of carbonyl (C=O) groups excluding carboxylic acids is 1. The molecule has 0 bridgehead atoms. The van der Waals surface area contributed by atoms with Crippen LogP contribution in [0.25, 0.3) is 0 Å². The molecule has 136 valence electrons. The molecule has 4 nitrogen and oxygen atoms in total. The average molecular weight is 342 g/mol. The highest BCUT2D eigenvalue weighted by Gasteiger charge is 2.43. The maximum atomic E-state index is 12.1. The molecule has 1 aromatic rings. The first-order valence-electron chi connectivity index (χ1n) is 9.84. The Morgan fingerprint density at radius 2 is 1.84 bits per heavy atom. The summed E-state index contributed by atoms with van der Waals surface area (Å²) in [6.45, 7) is 4.45. The molecular weight excluding hydrogens is 312 g/mol. The number of fused-ring (bicyclic) bond motifs is 2. The second kappa shape index (κ2) is 7.08. The monoisotopic (exact) mass is 342 g/mol. The Balaban J connectivity index is 1.55. The lowest BCUT2D eigenvalue weighted by molar-refractivity contribution is -0.136. The van der Waals surface area contributed by atoms with Gasteiger partial charge in [-0.3, -0.25) is 9.69 Å². The molecule has 2 fully saturated rings. The minimum atomic E-state index is 0.136. The van der Waals surface area contributed by atoms with Crippen molar-refractivity contribution < 1.29 is 9.53 Å². The summed E-state index contributed by atoms with van der Waals surface area (Å²) in [5, 5.41) is 0. The number of rotatable bonds is 3. The van der Waals surface area contributed by atoms with Gasteiger partial charge in [-0.1, -0.05) is 24.3 Å². The van der Waals surface area contributed by atoms with Gasteiger partial charge >= 0.3 is 0 Å². The highest BCUT2D eigenvalue weighted by Crippen LogP contribution is 2.49. The summed E-state index contributed by atoms with van der Waals surface area (Å²) in [6, 6.07) is 9.75. The van der Waals surface area contributed by atoms with Crippen molar-refractivity contribution in [3.05, 3.63) is 35.4 Å². The summed E-state index contributed by atoms with van der Waals surface area (Å²) in [5.41, 5.74) is 3.40. The van der Waals surface area contributed by atoms with Crippen LogP contribution in [0.15, 0.2) is 24.3 Å². The Bertz CT molecular complexity index is 616. The van der Waals surface area contributed by atoms with Crippen molar-refractivity contribution in [2.75, 3.05) is 39.9 Å². The Hall–Kier alpha value is -1.39. The average Bonchev–Trinajstić information content (AvgIpc) is 3.18. The molecule has 2 heterocycles. The van der Waals surface area contributed by atoms with Gasteiger partial charge in [-0.2, -0.15) is 0 Å². The molecule has 1 aliphatic carbocycles. The number of hydrogen-bond donors (Lipinski definition) is 0. The van der Waals surface area contributed by atoms with Gasteiger partial charge in [-0.25, -0.2) is 0 Å². The number of benzene rings is 1. The van der Waals surface area contributed by atoms with Crippen LogP contribution in [-0.2, 0) is 14.9 Å². The summed E-state index contributed by atoms with van der Waals surface area (Å²) < 4.78 is 5.02. The molecular formula is C21H30N2O2. The third-order valence-electron chi connectivity index (χ3n) is 6.71. The molecule has 1 amide bonds. The highest BCUT2D eigenvalue weighted by atomic mass is 16.5. The standard InChI is InChI=1S/C21H30N2O2/c1-25-16-20(24)23-14-10-21(11-15-23)9-8-19(22-12-4-5-13-22)17-6-2-3-7-18(17)21/h2-3,6-7,19H,4-5,8-16H2,1H3. The number of carbonyl (C=O) groups is 1. The maximum Gasteiger partial charge on any atom is 0.248 e. The Morgan fingerprint density at radius 1 is 1.12 bits per heavy atom. The Kier molecular flexibility index (Phi) is 4.83. The van der Waals surface area contributed by atoms with Gasteiger partial charge in [0.2, 0.25) is 5.91 Å². The fraction of sp³-hybridized carbons (Fsp3) is 0.667. The van der Waals surface area contributed by atoms with Crippen molar-refractivity contribution in [3.63, 3.8) is 0 Å². The molecule has 0 radical (unpaired) electrons. The molecule has 1 atom stereocenters. The first-order valence-corrected chi connectivity index (χ1v) is 9.84. The molecule has 4 heteroatoms. The van der Waals surface area contributed by atoms with E-state index < -0.39 is 0 Å². The van der Waals surface area contributed by atoms with Crippen LogP contribution >= 0.6 is 0 Å². The van der Waals surface area contributed by atoms with Gasteiger partial charge in [0.05, 0.1) is 0 Å². The predicted octanol–water partition coefficient (Wildman–Crippen LogP) is 3.12. The number of ether oxygens (including phenoxy) is 1. The van der Waals surface area contributed by atoms with Crippen molar-refractivity contribution in [1.29, 1.82) is 0 Å². The highest BCUT2D eigenvalue weighted by molar-refractivity contribution is 5.77. The van der Waals surface area contributed by atoms with Gasteiger partial charge in [0.25, 0.3) is 0 Å². The zero-order valence-electron chi connectivity index (χ0n) is 15.4. The van der Waals surface area contributed by atoms with Crippen molar-refractivity contribution in [3.8, 4) is 0 Å². The van der Waals surface area contributed by atoms with Crippen LogP contribution in [0.4, 0.5) is 0 Å². The molecule has 0 saturated carbocycles. The van der Waals surface area contributed by atoms with E-state index in [9.17, 15) is 4.79 Å². The van der Waals surface area contributed by atoms with Gasteiger partial charge in [0.1, 0.15) is 6.61 Å². The van der Waals surface area contributed by atoms with Gasteiger partial charge in [0, 0.05) is 26.2 Å². The number of hydrogen-bond acceptors (Lipinski definition) is 3. The fourth-order valence-electron chi connectivity index (χ4n) is 5.32. The van der Waals surface area contributed by atoms with Crippen LogP contribution in [-0.4, -0.2) is 55.6 Å². The number of piperidine rings is 1. The second-order valence-corrected chi connectivity index (χ2v) is 7.98. The number of likely N-dealkylation sites (tertiary alicyclic amines) is 2. The molecule has 3 aliphatic rings. The zero-order valence-corrected chi connectivity index (χ0v) is 15.4. The third-order valence-corrected chi connectivity index (χ3v) is 6.71. The first-order chi connectivity index (χ1) is 12.2. The van der Waals surface area contributed by atoms with Crippen LogP contribution in [0.3, 0.4) is 0 Å². The van der Waals surface area contributed by atoms with Crippen molar-refractivity contribution in [2.45, 2.75) is 50.0 Å². The van der Waals surface area contributed by atoms with Crippen molar-refractivity contribution in [2.24, 2.45) is 0 Å². The summed E-state index contributed by atoms with van der Waals surface area (Å²) in [6.07, 6.45) is 7.40. The minimum Gasteiger partial charge on any atom is -0.375 e. The number of methoxy groups -OCH3 is 1. The van der Waals surface area contributed by atoms with E-state index in [0.29, 0.717) is 6.04 Å². The van der Waals surface area contributed by atoms with Gasteiger partial charge in [-0.15, -0.1) is 0 Å². The van der Waals surface area contributed by atoms with Crippen LogP contribution in [0.1, 0.15) is 55.7 Å². The van der Waals surface area contributed by atoms with Gasteiger partial charge in [0.15, 0.2) is 0 Å². The maximum absolute atomic E-state index is 12.1. The molecule has 1 aromatic carbocycles. The van der Waals surface area contributed by atoms with E-state index >= 15 is 0 Å². The van der Waals surface area contributed by atoms with Crippen LogP contribution in [0.5, 0.6) is 0 Å². The number of nitrogens with zero attached hydrogens (tertiary/aromatic N) is 2.